The van der Waals surface area contributed by atoms with Gasteiger partial charge < -0.3 is 19.0 Å². The lowest BCUT2D eigenvalue weighted by Gasteiger charge is -2.55. The van der Waals surface area contributed by atoms with Gasteiger partial charge in [0.05, 0.1) is 6.26 Å². The molecule has 2 aliphatic carbocycles. The number of aliphatic hydroxyl groups excluding tert-OH is 1. The molecule has 1 heterocycles. The van der Waals surface area contributed by atoms with Crippen molar-refractivity contribution in [2.45, 2.75) is 72.7 Å². The second-order valence-electron chi connectivity index (χ2n) is 8.38. The lowest BCUT2D eigenvalue weighted by atomic mass is 9.52. The number of aliphatic hydroxyl groups is 1. The number of esters is 2. The number of hydrogen-bond acceptors (Lipinski definition) is 6. The fraction of sp³-hybridized carbons (Fsp3) is 0.636. The minimum Gasteiger partial charge on any atom is -0.466 e. The Kier molecular flexibility index (Phi) is 5.45. The molecule has 6 nitrogen and oxygen atoms in total. The van der Waals surface area contributed by atoms with E-state index in [-0.39, 0.29) is 23.9 Å². The van der Waals surface area contributed by atoms with Crippen molar-refractivity contribution in [1.82, 2.24) is 0 Å². The minimum atomic E-state index is -0.785. The highest BCUT2D eigenvalue weighted by molar-refractivity contribution is 5.87. The summed E-state index contributed by atoms with van der Waals surface area (Å²) in [5.74, 6) is -0.521. The van der Waals surface area contributed by atoms with E-state index in [1.807, 2.05) is 20.8 Å². The summed E-state index contributed by atoms with van der Waals surface area (Å²) in [6.45, 7) is 10.8. The fourth-order valence-electron chi connectivity index (χ4n) is 4.98. The van der Waals surface area contributed by atoms with Gasteiger partial charge in [0.1, 0.15) is 24.1 Å². The molecule has 1 fully saturated rings. The summed E-state index contributed by atoms with van der Waals surface area (Å²) in [7, 11) is 0. The first-order valence-electron chi connectivity index (χ1n) is 9.89. The van der Waals surface area contributed by atoms with E-state index in [9.17, 15) is 14.7 Å². The molecular formula is C22H30O6. The highest BCUT2D eigenvalue weighted by Gasteiger charge is 2.60. The minimum absolute atomic E-state index is 0.115. The highest BCUT2D eigenvalue weighted by Crippen LogP contribution is 2.63. The maximum atomic E-state index is 12.7. The summed E-state index contributed by atoms with van der Waals surface area (Å²) in [4.78, 5) is 24.3. The van der Waals surface area contributed by atoms with Gasteiger partial charge in [-0.25, -0.2) is 4.79 Å². The van der Waals surface area contributed by atoms with Crippen molar-refractivity contribution in [3.63, 3.8) is 0 Å². The number of ether oxygens (including phenoxy) is 2. The van der Waals surface area contributed by atoms with Crippen molar-refractivity contribution >= 4 is 11.9 Å². The summed E-state index contributed by atoms with van der Waals surface area (Å²) < 4.78 is 17.3. The molecule has 0 saturated heterocycles. The normalized spacial score (nSPS) is 35.0. The van der Waals surface area contributed by atoms with Crippen LogP contribution in [0.15, 0.2) is 22.3 Å². The summed E-state index contributed by atoms with van der Waals surface area (Å²) >= 11 is 0. The van der Waals surface area contributed by atoms with Crippen molar-refractivity contribution in [2.24, 2.45) is 17.3 Å². The van der Waals surface area contributed by atoms with Crippen molar-refractivity contribution in [3.8, 4) is 0 Å². The van der Waals surface area contributed by atoms with Gasteiger partial charge in [-0.2, -0.15) is 0 Å². The highest BCUT2D eigenvalue weighted by atomic mass is 16.6. The Morgan fingerprint density at radius 3 is 2.57 bits per heavy atom. The maximum Gasteiger partial charge on any atom is 0.334 e. The Balaban J connectivity index is 2.11. The Labute approximate surface area is 165 Å². The molecule has 0 radical (unpaired) electrons. The van der Waals surface area contributed by atoms with Gasteiger partial charge in [-0.1, -0.05) is 19.9 Å². The molecule has 1 aromatic heterocycles. The van der Waals surface area contributed by atoms with Gasteiger partial charge in [-0.15, -0.1) is 0 Å². The summed E-state index contributed by atoms with van der Waals surface area (Å²) in [5, 5.41) is 11.1. The van der Waals surface area contributed by atoms with E-state index in [0.29, 0.717) is 24.2 Å². The second kappa shape index (κ2) is 7.39. The zero-order valence-electron chi connectivity index (χ0n) is 17.4. The zero-order valence-corrected chi connectivity index (χ0v) is 17.4. The molecule has 1 saturated carbocycles. The molecule has 6 unspecified atom stereocenters. The summed E-state index contributed by atoms with van der Waals surface area (Å²) in [6.07, 6.45) is 2.96. The Morgan fingerprint density at radius 2 is 1.96 bits per heavy atom. The molecule has 1 aromatic rings. The van der Waals surface area contributed by atoms with Gasteiger partial charge >= 0.3 is 11.9 Å². The smallest absolute Gasteiger partial charge is 0.334 e. The first kappa shape index (κ1) is 20.6. The van der Waals surface area contributed by atoms with Crippen LogP contribution < -0.4 is 0 Å². The molecule has 0 bridgehead atoms. The molecule has 3 rings (SSSR count). The summed E-state index contributed by atoms with van der Waals surface area (Å²) in [6, 6.07) is 0. The van der Waals surface area contributed by atoms with Crippen LogP contribution in [0.4, 0.5) is 0 Å². The number of fused-ring (bicyclic) bond motifs is 2. The van der Waals surface area contributed by atoms with Crippen molar-refractivity contribution in [1.29, 1.82) is 0 Å². The van der Waals surface area contributed by atoms with Crippen LogP contribution in [0.2, 0.25) is 0 Å². The van der Waals surface area contributed by atoms with Gasteiger partial charge in [0.2, 0.25) is 0 Å². The van der Waals surface area contributed by atoms with E-state index in [4.69, 9.17) is 13.9 Å². The number of carbonyl (C=O) groups excluding carboxylic acids is 2. The third kappa shape index (κ3) is 3.08. The van der Waals surface area contributed by atoms with Gasteiger partial charge in [-0.05, 0) is 39.2 Å². The number of hydrogen-bond donors (Lipinski definition) is 1. The largest absolute Gasteiger partial charge is 0.466 e. The number of allylic oxidation sites excluding steroid dienone is 1. The van der Waals surface area contributed by atoms with Crippen LogP contribution >= 0.6 is 0 Å². The van der Waals surface area contributed by atoms with Gasteiger partial charge in [0, 0.05) is 35.3 Å². The molecule has 6 atom stereocenters. The standard InChI is InChI=1S/C22H30O6/c1-7-11(2)21(25)28-20-17-12(3)10-26-19(17)18(24)15-8-9-16(27-14(5)23)13(4)22(15,20)6/h7,10,13,15-16,18,20,24H,8-9H2,1-6H3. The van der Waals surface area contributed by atoms with Crippen LogP contribution in [0.1, 0.15) is 76.6 Å². The molecule has 0 aromatic carbocycles. The maximum absolute atomic E-state index is 12.7. The van der Waals surface area contributed by atoms with E-state index >= 15 is 0 Å². The molecule has 0 amide bonds. The molecule has 154 valence electrons. The zero-order chi connectivity index (χ0) is 20.8. The average Bonchev–Trinajstić information content (AvgIpc) is 3.02. The second-order valence-corrected chi connectivity index (χ2v) is 8.38. The van der Waals surface area contributed by atoms with Crippen LogP contribution in [-0.4, -0.2) is 23.1 Å². The van der Waals surface area contributed by atoms with E-state index in [1.54, 1.807) is 26.2 Å². The molecule has 0 spiro atoms. The van der Waals surface area contributed by atoms with E-state index in [1.165, 1.54) is 6.92 Å². The topological polar surface area (TPSA) is 86.0 Å². The number of furan rings is 1. The number of rotatable bonds is 3. The molecule has 1 N–H and O–H groups in total. The molecule has 28 heavy (non-hydrogen) atoms. The first-order valence-corrected chi connectivity index (χ1v) is 9.89. The van der Waals surface area contributed by atoms with Crippen molar-refractivity contribution in [3.05, 3.63) is 34.8 Å². The summed E-state index contributed by atoms with van der Waals surface area (Å²) in [5.41, 5.74) is 1.49. The molecule has 0 aliphatic heterocycles. The third-order valence-electron chi connectivity index (χ3n) is 6.93. The van der Waals surface area contributed by atoms with Crippen LogP contribution in [0, 0.1) is 24.2 Å². The SMILES string of the molecule is CC=C(C)C(=O)OC1c2c(C)coc2C(O)C2CCC(OC(C)=O)C(C)C12C. The molecular weight excluding hydrogens is 360 g/mol. The average molecular weight is 390 g/mol. The van der Waals surface area contributed by atoms with Crippen LogP contribution in [0.3, 0.4) is 0 Å². The van der Waals surface area contributed by atoms with Gasteiger partial charge in [-0.3, -0.25) is 4.79 Å². The first-order chi connectivity index (χ1) is 13.1. The predicted octanol–water partition coefficient (Wildman–Crippen LogP) is 4.17. The molecule has 2 aliphatic rings. The van der Waals surface area contributed by atoms with Gasteiger partial charge in [0.25, 0.3) is 0 Å². The Bertz CT molecular complexity index is 806. The van der Waals surface area contributed by atoms with Crippen LogP contribution in [0.5, 0.6) is 0 Å². The fourth-order valence-corrected chi connectivity index (χ4v) is 4.98. The van der Waals surface area contributed by atoms with E-state index in [0.717, 1.165) is 11.1 Å². The molecule has 6 heteroatoms. The predicted molar refractivity (Wildman–Crippen MR) is 102 cm³/mol. The Morgan fingerprint density at radius 1 is 1.29 bits per heavy atom. The lowest BCUT2D eigenvalue weighted by Crippen LogP contribution is -2.54. The van der Waals surface area contributed by atoms with Crippen molar-refractivity contribution in [2.75, 3.05) is 0 Å². The quantitative estimate of drug-likeness (QED) is 0.616. The lowest BCUT2D eigenvalue weighted by molar-refractivity contribution is -0.198. The van der Waals surface area contributed by atoms with E-state index in [2.05, 4.69) is 0 Å². The van der Waals surface area contributed by atoms with E-state index < -0.39 is 23.6 Å². The van der Waals surface area contributed by atoms with Crippen LogP contribution in [-0.2, 0) is 19.1 Å². The van der Waals surface area contributed by atoms with Crippen LogP contribution in [0.25, 0.3) is 0 Å². The third-order valence-corrected chi connectivity index (χ3v) is 6.93. The number of carbonyl (C=O) groups is 2. The van der Waals surface area contributed by atoms with Crippen molar-refractivity contribution < 1.29 is 28.6 Å². The number of aryl methyl sites for hydroxylation is 1. The monoisotopic (exact) mass is 390 g/mol. The Hall–Kier alpha value is -2.08. The van der Waals surface area contributed by atoms with Gasteiger partial charge in [0.15, 0.2) is 0 Å².